The number of nitrogens with zero attached hydrogens (tertiary/aromatic N) is 5. The van der Waals surface area contributed by atoms with Gasteiger partial charge in [0.1, 0.15) is 11.6 Å². The van der Waals surface area contributed by atoms with Crippen molar-refractivity contribution in [3.05, 3.63) is 106 Å². The molecule has 0 bridgehead atoms. The molecule has 1 amide bonds. The average molecular weight is 559 g/mol. The summed E-state index contributed by atoms with van der Waals surface area (Å²) in [7, 11) is 2.05. The first kappa shape index (κ1) is 26.0. The molecule has 3 heterocycles. The minimum absolute atomic E-state index is 0.0181. The zero-order valence-corrected chi connectivity index (χ0v) is 22.4. The first-order valence-electron chi connectivity index (χ1n) is 12.9. The maximum Gasteiger partial charge on any atom is 0.254 e. The minimum atomic E-state index is -0.713. The highest BCUT2D eigenvalue weighted by Crippen LogP contribution is 2.34. The summed E-state index contributed by atoms with van der Waals surface area (Å²) in [4.78, 5) is 30.9. The first-order chi connectivity index (χ1) is 19.4. The van der Waals surface area contributed by atoms with E-state index >= 15 is 0 Å². The fourth-order valence-electron chi connectivity index (χ4n) is 4.97. The second-order valence-electron chi connectivity index (χ2n) is 9.82. The Labute approximate surface area is 235 Å². The third-order valence-corrected chi connectivity index (χ3v) is 7.35. The molecule has 7 nitrogen and oxygen atoms in total. The Morgan fingerprint density at radius 3 is 2.48 bits per heavy atom. The van der Waals surface area contributed by atoms with E-state index in [1.54, 1.807) is 36.5 Å². The van der Waals surface area contributed by atoms with Gasteiger partial charge < -0.3 is 15.1 Å². The third-order valence-electron chi connectivity index (χ3n) is 7.12. The van der Waals surface area contributed by atoms with Gasteiger partial charge in [-0.1, -0.05) is 29.8 Å². The predicted octanol–water partition coefficient (Wildman–Crippen LogP) is 5.56. The molecule has 0 aliphatic carbocycles. The number of halogens is 3. The van der Waals surface area contributed by atoms with Gasteiger partial charge in [0.25, 0.3) is 5.91 Å². The summed E-state index contributed by atoms with van der Waals surface area (Å²) in [6.45, 7) is 3.18. The molecule has 2 aliphatic rings. The SMILES string of the molecule is CN1CCN(C(=O)c2cccc(Nc3ncc4c(n3)-c3ccc(Cl)cc3C(c3c(F)cccc3F)=NC4)c2)CC1. The van der Waals surface area contributed by atoms with Crippen molar-refractivity contribution >= 4 is 34.9 Å². The van der Waals surface area contributed by atoms with Gasteiger partial charge in [-0.15, -0.1) is 0 Å². The second kappa shape index (κ2) is 10.7. The smallest absolute Gasteiger partial charge is 0.254 e. The van der Waals surface area contributed by atoms with Crippen molar-refractivity contribution in [2.45, 2.75) is 6.54 Å². The van der Waals surface area contributed by atoms with Gasteiger partial charge in [0.2, 0.25) is 5.95 Å². The zero-order valence-electron chi connectivity index (χ0n) is 21.7. The van der Waals surface area contributed by atoms with Crippen molar-refractivity contribution < 1.29 is 13.6 Å². The number of carbonyl (C=O) groups is 1. The predicted molar refractivity (Wildman–Crippen MR) is 151 cm³/mol. The number of benzene rings is 3. The molecular weight excluding hydrogens is 534 g/mol. The van der Waals surface area contributed by atoms with Crippen molar-refractivity contribution in [1.29, 1.82) is 0 Å². The molecule has 1 N–H and O–H groups in total. The van der Waals surface area contributed by atoms with Crippen LogP contribution in [0.2, 0.25) is 5.02 Å². The number of anilines is 2. The molecule has 3 aromatic carbocycles. The number of hydrogen-bond acceptors (Lipinski definition) is 6. The summed E-state index contributed by atoms with van der Waals surface area (Å²) in [5.41, 5.74) is 3.55. The van der Waals surface area contributed by atoms with Crippen molar-refractivity contribution in [1.82, 2.24) is 19.8 Å². The van der Waals surface area contributed by atoms with E-state index in [9.17, 15) is 13.6 Å². The van der Waals surface area contributed by atoms with Crippen LogP contribution in [0, 0.1) is 11.6 Å². The van der Waals surface area contributed by atoms with E-state index in [1.165, 1.54) is 18.2 Å². The van der Waals surface area contributed by atoms with E-state index in [1.807, 2.05) is 24.1 Å². The molecule has 1 saturated heterocycles. The summed E-state index contributed by atoms with van der Waals surface area (Å²) in [6.07, 6.45) is 1.65. The van der Waals surface area contributed by atoms with Crippen molar-refractivity contribution in [3.63, 3.8) is 0 Å². The van der Waals surface area contributed by atoms with Crippen LogP contribution < -0.4 is 5.32 Å². The highest BCUT2D eigenvalue weighted by atomic mass is 35.5. The second-order valence-corrected chi connectivity index (χ2v) is 10.3. The van der Waals surface area contributed by atoms with E-state index in [0.29, 0.717) is 57.7 Å². The van der Waals surface area contributed by atoms with Gasteiger partial charge in [-0.2, -0.15) is 0 Å². The lowest BCUT2D eigenvalue weighted by Crippen LogP contribution is -2.47. The highest BCUT2D eigenvalue weighted by molar-refractivity contribution is 6.31. The Hall–Kier alpha value is -4.21. The lowest BCUT2D eigenvalue weighted by Gasteiger charge is -2.32. The van der Waals surface area contributed by atoms with Gasteiger partial charge >= 0.3 is 0 Å². The molecule has 1 fully saturated rings. The fourth-order valence-corrected chi connectivity index (χ4v) is 5.15. The quantitative estimate of drug-likeness (QED) is 0.355. The molecule has 2 aliphatic heterocycles. The lowest BCUT2D eigenvalue weighted by molar-refractivity contribution is 0.0664. The first-order valence-corrected chi connectivity index (χ1v) is 13.2. The number of fused-ring (bicyclic) bond motifs is 3. The van der Waals surface area contributed by atoms with Crippen LogP contribution in [-0.4, -0.2) is 64.6 Å². The standard InChI is InChI=1S/C30H25ClF2N6O/c1-38-10-12-39(13-11-38)29(40)18-4-2-5-21(14-18)36-30-35-17-19-16-34-28(26-24(32)6-3-7-25(26)33)23-15-20(31)8-9-22(23)27(19)37-30/h2-9,14-15,17H,10-13,16H2,1H3,(H,35,36,37). The number of hydrogen-bond donors (Lipinski definition) is 1. The van der Waals surface area contributed by atoms with Crippen LogP contribution in [0.1, 0.15) is 27.0 Å². The molecule has 0 radical (unpaired) electrons. The van der Waals surface area contributed by atoms with E-state index < -0.39 is 11.6 Å². The molecule has 4 aromatic rings. The molecule has 0 saturated carbocycles. The van der Waals surface area contributed by atoms with E-state index in [0.717, 1.165) is 13.1 Å². The van der Waals surface area contributed by atoms with E-state index in [2.05, 4.69) is 20.2 Å². The number of rotatable bonds is 4. The summed E-state index contributed by atoms with van der Waals surface area (Å²) in [6, 6.07) is 16.1. The molecular formula is C30H25ClF2N6O. The molecule has 1 aromatic heterocycles. The minimum Gasteiger partial charge on any atom is -0.336 e. The summed E-state index contributed by atoms with van der Waals surface area (Å²) >= 11 is 6.31. The number of aromatic nitrogens is 2. The molecule has 10 heteroatoms. The Kier molecular flexibility index (Phi) is 7.00. The molecule has 202 valence electrons. The zero-order chi connectivity index (χ0) is 27.8. The monoisotopic (exact) mass is 558 g/mol. The number of nitrogens with one attached hydrogen (secondary N) is 1. The topological polar surface area (TPSA) is 73.7 Å². The van der Waals surface area contributed by atoms with Gasteiger partial charge in [-0.05, 0) is 49.5 Å². The van der Waals surface area contributed by atoms with Crippen LogP contribution in [0.5, 0.6) is 0 Å². The van der Waals surface area contributed by atoms with Gasteiger partial charge in [-0.3, -0.25) is 9.79 Å². The van der Waals surface area contributed by atoms with Gasteiger partial charge in [0.05, 0.1) is 23.5 Å². The number of aliphatic imine (C=N–C) groups is 1. The number of piperazine rings is 1. The number of amides is 1. The third kappa shape index (κ3) is 5.05. The van der Waals surface area contributed by atoms with Crippen LogP contribution in [0.4, 0.5) is 20.4 Å². The summed E-state index contributed by atoms with van der Waals surface area (Å²) in [5, 5.41) is 3.60. The Morgan fingerprint density at radius 2 is 1.70 bits per heavy atom. The van der Waals surface area contributed by atoms with Crippen molar-refractivity contribution in [2.24, 2.45) is 4.99 Å². The summed E-state index contributed by atoms with van der Waals surface area (Å²) < 4.78 is 29.6. The van der Waals surface area contributed by atoms with Gasteiger partial charge in [0.15, 0.2) is 0 Å². The van der Waals surface area contributed by atoms with Gasteiger partial charge in [-0.25, -0.2) is 18.7 Å². The largest absolute Gasteiger partial charge is 0.336 e. The lowest BCUT2D eigenvalue weighted by atomic mass is 9.95. The Bertz CT molecular complexity index is 1630. The molecule has 6 rings (SSSR count). The van der Waals surface area contributed by atoms with Crippen molar-refractivity contribution in [3.8, 4) is 11.3 Å². The van der Waals surface area contributed by atoms with Crippen LogP contribution >= 0.6 is 11.6 Å². The number of carbonyl (C=O) groups excluding carboxylic acids is 1. The highest BCUT2D eigenvalue weighted by Gasteiger charge is 2.25. The maximum absolute atomic E-state index is 14.8. The van der Waals surface area contributed by atoms with Crippen LogP contribution in [0.25, 0.3) is 11.3 Å². The van der Waals surface area contributed by atoms with Gasteiger partial charge in [0, 0.05) is 65.3 Å². The Morgan fingerprint density at radius 1 is 0.950 bits per heavy atom. The van der Waals surface area contributed by atoms with E-state index in [-0.39, 0.29) is 23.7 Å². The van der Waals surface area contributed by atoms with Crippen LogP contribution in [0.3, 0.4) is 0 Å². The van der Waals surface area contributed by atoms with E-state index in [4.69, 9.17) is 16.6 Å². The maximum atomic E-state index is 14.8. The molecule has 0 spiro atoms. The Balaban J connectivity index is 1.33. The summed E-state index contributed by atoms with van der Waals surface area (Å²) in [5.74, 6) is -1.13. The van der Waals surface area contributed by atoms with Crippen molar-refractivity contribution in [2.75, 3.05) is 38.5 Å². The average Bonchev–Trinajstić information content (AvgIpc) is 3.10. The molecule has 0 unspecified atom stereocenters. The molecule has 0 atom stereocenters. The van der Waals surface area contributed by atoms with Crippen LogP contribution in [-0.2, 0) is 6.54 Å². The number of likely N-dealkylation sites (N-methyl/N-ethyl adjacent to an activating group) is 1. The normalized spacial score (nSPS) is 15.1. The molecule has 40 heavy (non-hydrogen) atoms. The fraction of sp³-hybridized carbons (Fsp3) is 0.200. The van der Waals surface area contributed by atoms with Crippen LogP contribution in [0.15, 0.2) is 71.9 Å².